The predicted molar refractivity (Wildman–Crippen MR) is 70.1 cm³/mol. The van der Waals surface area contributed by atoms with E-state index in [1.807, 2.05) is 0 Å². The second-order valence-electron chi connectivity index (χ2n) is 2.28. The van der Waals surface area contributed by atoms with Crippen molar-refractivity contribution in [2.75, 3.05) is 14.1 Å². The van der Waals surface area contributed by atoms with Gasteiger partial charge in [0.15, 0.2) is 0 Å². The van der Waals surface area contributed by atoms with Crippen molar-refractivity contribution in [3.8, 4) is 0 Å². The van der Waals surface area contributed by atoms with Gasteiger partial charge in [-0.25, -0.2) is 13.1 Å². The van der Waals surface area contributed by atoms with E-state index >= 15 is 0 Å². The third-order valence-corrected chi connectivity index (χ3v) is 3.62. The monoisotopic (exact) mass is 306 g/mol. The van der Waals surface area contributed by atoms with E-state index in [4.69, 9.17) is 23.2 Å². The van der Waals surface area contributed by atoms with Crippen LogP contribution in [0.1, 0.15) is 0 Å². The van der Waals surface area contributed by atoms with Crippen LogP contribution in [0, 0.1) is 0 Å². The van der Waals surface area contributed by atoms with Crippen LogP contribution in [0.2, 0.25) is 10.0 Å². The lowest BCUT2D eigenvalue weighted by Gasteiger charge is -2.02. The van der Waals surface area contributed by atoms with Crippen LogP contribution in [0.4, 0.5) is 0 Å². The molecule has 0 aliphatic heterocycles. The molecule has 0 bridgehead atoms. The zero-order valence-corrected chi connectivity index (χ0v) is 11.8. The quantitative estimate of drug-likeness (QED) is 0.876. The highest BCUT2D eigenvalue weighted by Gasteiger charge is 2.12. The molecule has 0 atom stereocenters. The third kappa shape index (κ3) is 4.86. The number of benzene rings is 1. The Kier molecular flexibility index (Phi) is 9.29. The first-order chi connectivity index (χ1) is 6.97. The summed E-state index contributed by atoms with van der Waals surface area (Å²) in [6, 6.07) is 4.13. The number of sulfonamides is 1. The first-order valence-corrected chi connectivity index (χ1v) is 6.17. The molecule has 1 aromatic rings. The fourth-order valence-corrected chi connectivity index (χ4v) is 1.88. The van der Waals surface area contributed by atoms with Crippen LogP contribution < -0.4 is 10.5 Å². The molecule has 0 heterocycles. The van der Waals surface area contributed by atoms with E-state index in [0.717, 1.165) is 0 Å². The minimum Gasteiger partial charge on any atom is -0.333 e. The van der Waals surface area contributed by atoms with Gasteiger partial charge >= 0.3 is 0 Å². The number of hydrogen-bond acceptors (Lipinski definition) is 3. The summed E-state index contributed by atoms with van der Waals surface area (Å²) in [5.41, 5.74) is 4.50. The Bertz CT molecular complexity index is 423. The third-order valence-electron chi connectivity index (χ3n) is 1.47. The number of rotatable bonds is 2. The number of nitrogens with one attached hydrogen (secondary N) is 1. The highest BCUT2D eigenvalue weighted by atomic mass is 35.5. The molecule has 0 aliphatic carbocycles. The summed E-state index contributed by atoms with van der Waals surface area (Å²) in [5.74, 6) is 0. The number of hydrogen-bond donors (Lipinski definition) is 2. The average Bonchev–Trinajstić information content (AvgIpc) is 2.25. The molecule has 1 aromatic carbocycles. The lowest BCUT2D eigenvalue weighted by atomic mass is 10.4. The summed E-state index contributed by atoms with van der Waals surface area (Å²) < 4.78 is 24.7. The molecule has 0 spiro atoms. The maximum absolute atomic E-state index is 11.3. The SMILES string of the molecule is CN.CNS(=O)(=O)c1ccc(Cl)c(Cl)c1.Cl. The van der Waals surface area contributed by atoms with Gasteiger partial charge in [0, 0.05) is 0 Å². The van der Waals surface area contributed by atoms with Crippen LogP contribution in [0.3, 0.4) is 0 Å². The summed E-state index contributed by atoms with van der Waals surface area (Å²) >= 11 is 11.3. The van der Waals surface area contributed by atoms with Crippen molar-refractivity contribution in [2.45, 2.75) is 4.90 Å². The van der Waals surface area contributed by atoms with Gasteiger partial charge in [-0.15, -0.1) is 12.4 Å². The minimum absolute atomic E-state index is 0. The molecule has 4 nitrogen and oxygen atoms in total. The Morgan fingerprint density at radius 2 is 1.69 bits per heavy atom. The van der Waals surface area contributed by atoms with E-state index in [1.165, 1.54) is 32.3 Å². The Labute approximate surface area is 112 Å². The molecule has 3 N–H and O–H groups in total. The molecule has 0 aliphatic rings. The summed E-state index contributed by atoms with van der Waals surface area (Å²) in [6.45, 7) is 0. The Balaban J connectivity index is 0. The second-order valence-corrected chi connectivity index (χ2v) is 4.98. The lowest BCUT2D eigenvalue weighted by Crippen LogP contribution is -2.18. The van der Waals surface area contributed by atoms with Gasteiger partial charge in [-0.1, -0.05) is 23.2 Å². The topological polar surface area (TPSA) is 72.2 Å². The fraction of sp³-hybridized carbons (Fsp3) is 0.250. The van der Waals surface area contributed by atoms with Gasteiger partial charge in [-0.2, -0.15) is 0 Å². The van der Waals surface area contributed by atoms with Gasteiger partial charge in [-0.05, 0) is 32.3 Å². The molecule has 8 heteroatoms. The van der Waals surface area contributed by atoms with Crippen molar-refractivity contribution in [1.29, 1.82) is 0 Å². The Morgan fingerprint density at radius 1 is 1.19 bits per heavy atom. The summed E-state index contributed by atoms with van der Waals surface area (Å²) in [4.78, 5) is 0.101. The molecular weight excluding hydrogens is 295 g/mol. The molecular formula is C8H13Cl3N2O2S. The molecule has 94 valence electrons. The van der Waals surface area contributed by atoms with Crippen LogP contribution in [0.25, 0.3) is 0 Å². The molecule has 16 heavy (non-hydrogen) atoms. The first kappa shape index (κ1) is 18.3. The smallest absolute Gasteiger partial charge is 0.240 e. The zero-order chi connectivity index (χ0) is 12.1. The van der Waals surface area contributed by atoms with Crippen molar-refractivity contribution >= 4 is 45.6 Å². The molecule has 0 fully saturated rings. The van der Waals surface area contributed by atoms with Crippen molar-refractivity contribution in [1.82, 2.24) is 4.72 Å². The Hall–Kier alpha value is -0.0400. The first-order valence-electron chi connectivity index (χ1n) is 3.93. The fourth-order valence-electron chi connectivity index (χ4n) is 0.762. The van der Waals surface area contributed by atoms with Crippen LogP contribution in [-0.4, -0.2) is 22.5 Å². The molecule has 0 saturated heterocycles. The zero-order valence-electron chi connectivity index (χ0n) is 8.70. The van der Waals surface area contributed by atoms with E-state index in [0.29, 0.717) is 5.02 Å². The van der Waals surface area contributed by atoms with Gasteiger partial charge < -0.3 is 5.73 Å². The molecule has 1 rings (SSSR count). The van der Waals surface area contributed by atoms with Crippen molar-refractivity contribution in [3.63, 3.8) is 0 Å². The number of nitrogens with two attached hydrogens (primary N) is 1. The van der Waals surface area contributed by atoms with E-state index in [9.17, 15) is 8.42 Å². The highest BCUT2D eigenvalue weighted by molar-refractivity contribution is 7.89. The minimum atomic E-state index is -3.43. The van der Waals surface area contributed by atoms with Crippen LogP contribution in [0.5, 0.6) is 0 Å². The standard InChI is InChI=1S/C7H7Cl2NO2S.CH5N.ClH/c1-10-13(11,12)5-2-3-6(8)7(9)4-5;1-2;/h2-4,10H,1H3;2H2,1H3;1H. The number of halogens is 3. The largest absolute Gasteiger partial charge is 0.333 e. The van der Waals surface area contributed by atoms with Gasteiger partial charge in [0.05, 0.1) is 14.9 Å². The van der Waals surface area contributed by atoms with E-state index in [1.54, 1.807) is 0 Å². The molecule has 0 saturated carbocycles. The highest BCUT2D eigenvalue weighted by Crippen LogP contribution is 2.24. The lowest BCUT2D eigenvalue weighted by molar-refractivity contribution is 0.588. The van der Waals surface area contributed by atoms with Gasteiger partial charge in [0.2, 0.25) is 10.0 Å². The van der Waals surface area contributed by atoms with E-state index in [-0.39, 0.29) is 22.3 Å². The van der Waals surface area contributed by atoms with E-state index in [2.05, 4.69) is 10.5 Å². The van der Waals surface area contributed by atoms with Gasteiger partial charge in [0.25, 0.3) is 0 Å². The summed E-state index contributed by atoms with van der Waals surface area (Å²) in [5, 5.41) is 0.551. The van der Waals surface area contributed by atoms with Crippen molar-refractivity contribution < 1.29 is 8.42 Å². The molecule has 0 unspecified atom stereocenters. The van der Waals surface area contributed by atoms with Crippen molar-refractivity contribution in [3.05, 3.63) is 28.2 Å². The maximum Gasteiger partial charge on any atom is 0.240 e. The van der Waals surface area contributed by atoms with Crippen LogP contribution in [-0.2, 0) is 10.0 Å². The predicted octanol–water partition coefficient (Wildman–Crippen LogP) is 1.90. The summed E-state index contributed by atoms with van der Waals surface area (Å²) in [6.07, 6.45) is 0. The average molecular weight is 308 g/mol. The molecule has 0 aromatic heterocycles. The maximum atomic E-state index is 11.3. The van der Waals surface area contributed by atoms with Crippen LogP contribution in [0.15, 0.2) is 23.1 Å². The van der Waals surface area contributed by atoms with Crippen molar-refractivity contribution in [2.24, 2.45) is 5.73 Å². The molecule has 0 radical (unpaired) electrons. The molecule has 0 amide bonds. The van der Waals surface area contributed by atoms with Gasteiger partial charge in [-0.3, -0.25) is 0 Å². The normalized spacial score (nSPS) is 9.81. The summed E-state index contributed by atoms with van der Waals surface area (Å²) in [7, 11) is -0.599. The van der Waals surface area contributed by atoms with E-state index < -0.39 is 10.0 Å². The van der Waals surface area contributed by atoms with Gasteiger partial charge in [0.1, 0.15) is 0 Å². The van der Waals surface area contributed by atoms with Crippen LogP contribution >= 0.6 is 35.6 Å². The Morgan fingerprint density at radius 3 is 2.06 bits per heavy atom. The second kappa shape index (κ2) is 8.11.